The van der Waals surface area contributed by atoms with E-state index in [4.69, 9.17) is 22.3 Å². The Morgan fingerprint density at radius 1 is 1.25 bits per heavy atom. The Labute approximate surface area is 127 Å². The molecule has 0 aromatic heterocycles. The van der Waals surface area contributed by atoms with Crippen molar-refractivity contribution in [3.05, 3.63) is 22.7 Å². The van der Waals surface area contributed by atoms with Gasteiger partial charge in [0.15, 0.2) is 0 Å². The van der Waals surface area contributed by atoms with E-state index in [0.717, 1.165) is 18.9 Å². The summed E-state index contributed by atoms with van der Waals surface area (Å²) < 4.78 is 48.8. The van der Waals surface area contributed by atoms with Gasteiger partial charge in [-0.15, -0.1) is 0 Å². The molecule has 0 heterocycles. The Bertz CT molecular complexity index is 717. The van der Waals surface area contributed by atoms with E-state index in [2.05, 4.69) is 4.72 Å². The third-order valence-corrected chi connectivity index (χ3v) is 6.01. The first kappa shape index (κ1) is 15.9. The Hall–Kier alpha value is -0.500. The molecule has 0 aliphatic heterocycles. The van der Waals surface area contributed by atoms with Crippen LogP contribution in [0.5, 0.6) is 0 Å². The Balaban J connectivity index is 2.33. The topological polar surface area (TPSA) is 80.3 Å². The molecule has 2 rings (SSSR count). The van der Waals surface area contributed by atoms with E-state index in [9.17, 15) is 16.8 Å². The van der Waals surface area contributed by atoms with Crippen LogP contribution in [0.2, 0.25) is 5.02 Å². The van der Waals surface area contributed by atoms with Crippen LogP contribution in [-0.2, 0) is 19.1 Å². The largest absolute Gasteiger partial charge is 0.282 e. The second-order valence-electron chi connectivity index (χ2n) is 4.86. The molecule has 5 nitrogen and oxygen atoms in total. The lowest BCUT2D eigenvalue weighted by molar-refractivity contribution is 0.597. The van der Waals surface area contributed by atoms with Crippen LogP contribution in [0.4, 0.5) is 5.69 Å². The minimum atomic E-state index is -3.91. The monoisotopic (exact) mass is 357 g/mol. The van der Waals surface area contributed by atoms with Gasteiger partial charge in [0, 0.05) is 10.7 Å². The van der Waals surface area contributed by atoms with E-state index in [-0.39, 0.29) is 27.3 Å². The first-order valence-corrected chi connectivity index (χ1v) is 10.2. The van der Waals surface area contributed by atoms with Gasteiger partial charge in [-0.1, -0.05) is 11.6 Å². The lowest BCUT2D eigenvalue weighted by atomic mass is 10.2. The lowest BCUT2D eigenvalue weighted by Crippen LogP contribution is -2.18. The fraction of sp³-hybridized carbons (Fsp3) is 0.455. The molecular formula is C11H13Cl2NO4S2. The van der Waals surface area contributed by atoms with Gasteiger partial charge in [-0.05, 0) is 43.4 Å². The number of sulfonamides is 1. The molecule has 1 N–H and O–H groups in total. The van der Waals surface area contributed by atoms with Crippen molar-refractivity contribution in [2.75, 3.05) is 10.5 Å². The van der Waals surface area contributed by atoms with E-state index < -0.39 is 19.1 Å². The van der Waals surface area contributed by atoms with Crippen molar-refractivity contribution < 1.29 is 16.8 Å². The maximum absolute atomic E-state index is 11.9. The highest BCUT2D eigenvalue weighted by molar-refractivity contribution is 8.13. The number of nitrogens with one attached hydrogen (secondary N) is 1. The molecule has 0 saturated heterocycles. The summed E-state index contributed by atoms with van der Waals surface area (Å²) in [5, 5.41) is 0.00333. The van der Waals surface area contributed by atoms with Crippen LogP contribution in [0.1, 0.15) is 18.4 Å². The SMILES string of the molecule is Cc1cc(S(=O)(=O)Cl)cc(Cl)c1NS(=O)(=O)CC1CC1. The standard InChI is InChI=1S/C11H13Cl2NO4S2/c1-7-4-9(20(13,17)18)5-10(12)11(7)14-19(15,16)6-8-2-3-8/h4-5,8,14H,2-3,6H2,1H3. The minimum Gasteiger partial charge on any atom is -0.282 e. The van der Waals surface area contributed by atoms with Gasteiger partial charge in [-0.25, -0.2) is 16.8 Å². The maximum Gasteiger partial charge on any atom is 0.261 e. The molecule has 9 heteroatoms. The first-order chi connectivity index (χ1) is 9.08. The summed E-state index contributed by atoms with van der Waals surface area (Å²) >= 11 is 5.95. The molecule has 1 aliphatic rings. The highest BCUT2D eigenvalue weighted by Crippen LogP contribution is 2.34. The van der Waals surface area contributed by atoms with E-state index in [1.165, 1.54) is 6.07 Å². The highest BCUT2D eigenvalue weighted by atomic mass is 35.7. The van der Waals surface area contributed by atoms with Crippen LogP contribution >= 0.6 is 22.3 Å². The number of rotatable bonds is 5. The van der Waals surface area contributed by atoms with Crippen LogP contribution in [0.3, 0.4) is 0 Å². The zero-order valence-corrected chi connectivity index (χ0v) is 13.7. The van der Waals surface area contributed by atoms with Gasteiger partial charge in [-0.2, -0.15) is 0 Å². The van der Waals surface area contributed by atoms with Crippen molar-refractivity contribution in [3.8, 4) is 0 Å². The van der Waals surface area contributed by atoms with E-state index in [1.807, 2.05) is 0 Å². The Kier molecular flexibility index (Phi) is 4.26. The van der Waals surface area contributed by atoms with E-state index in [0.29, 0.717) is 5.56 Å². The molecule has 20 heavy (non-hydrogen) atoms. The van der Waals surface area contributed by atoms with Gasteiger partial charge in [0.25, 0.3) is 9.05 Å². The van der Waals surface area contributed by atoms with Crippen LogP contribution < -0.4 is 4.72 Å². The number of benzene rings is 1. The molecule has 1 aromatic rings. The van der Waals surface area contributed by atoms with Crippen molar-refractivity contribution in [1.29, 1.82) is 0 Å². The molecule has 0 amide bonds. The Morgan fingerprint density at radius 3 is 2.30 bits per heavy atom. The second-order valence-corrected chi connectivity index (χ2v) is 9.60. The van der Waals surface area contributed by atoms with Crippen molar-refractivity contribution in [1.82, 2.24) is 0 Å². The van der Waals surface area contributed by atoms with E-state index in [1.54, 1.807) is 6.92 Å². The molecule has 112 valence electrons. The summed E-state index contributed by atoms with van der Waals surface area (Å²) in [7, 11) is -2.15. The molecule has 0 spiro atoms. The molecular weight excluding hydrogens is 345 g/mol. The fourth-order valence-electron chi connectivity index (χ4n) is 1.77. The summed E-state index contributed by atoms with van der Waals surface area (Å²) in [5.74, 6) is 0.257. The van der Waals surface area contributed by atoms with Crippen LogP contribution in [0, 0.1) is 12.8 Å². The summed E-state index contributed by atoms with van der Waals surface area (Å²) in [6.45, 7) is 1.56. The molecule has 1 aromatic carbocycles. The van der Waals surface area contributed by atoms with Crippen molar-refractivity contribution in [3.63, 3.8) is 0 Å². The second kappa shape index (κ2) is 5.36. The summed E-state index contributed by atoms with van der Waals surface area (Å²) in [4.78, 5) is -0.160. The quantitative estimate of drug-likeness (QED) is 0.821. The lowest BCUT2D eigenvalue weighted by Gasteiger charge is -2.13. The smallest absolute Gasteiger partial charge is 0.261 e. The van der Waals surface area contributed by atoms with Gasteiger partial charge < -0.3 is 0 Å². The minimum absolute atomic E-state index is 0.00333. The zero-order chi connectivity index (χ0) is 15.1. The van der Waals surface area contributed by atoms with Gasteiger partial charge in [0.1, 0.15) is 0 Å². The molecule has 1 saturated carbocycles. The van der Waals surface area contributed by atoms with E-state index >= 15 is 0 Å². The molecule has 0 atom stereocenters. The molecule has 0 bridgehead atoms. The average Bonchev–Trinajstić information content (AvgIpc) is 3.05. The maximum atomic E-state index is 11.9. The number of anilines is 1. The fourth-order valence-corrected chi connectivity index (χ4v) is 4.67. The molecule has 1 fully saturated rings. The van der Waals surface area contributed by atoms with Crippen LogP contribution in [0.15, 0.2) is 17.0 Å². The summed E-state index contributed by atoms with van der Waals surface area (Å²) in [6.07, 6.45) is 1.83. The predicted molar refractivity (Wildman–Crippen MR) is 79.4 cm³/mol. The highest BCUT2D eigenvalue weighted by Gasteiger charge is 2.28. The molecule has 0 radical (unpaired) electrons. The van der Waals surface area contributed by atoms with Crippen molar-refractivity contribution in [2.45, 2.75) is 24.7 Å². The van der Waals surface area contributed by atoms with Gasteiger partial charge >= 0.3 is 0 Å². The number of aryl methyl sites for hydroxylation is 1. The molecule has 1 aliphatic carbocycles. The average molecular weight is 358 g/mol. The number of halogens is 2. The van der Waals surface area contributed by atoms with Gasteiger partial charge in [0.05, 0.1) is 21.4 Å². The Morgan fingerprint density at radius 2 is 1.85 bits per heavy atom. The third-order valence-electron chi connectivity index (χ3n) is 2.95. The number of hydrogen-bond acceptors (Lipinski definition) is 4. The normalized spacial score (nSPS) is 16.1. The summed E-state index contributed by atoms with van der Waals surface area (Å²) in [5.41, 5.74) is 0.590. The van der Waals surface area contributed by atoms with Crippen LogP contribution in [-0.4, -0.2) is 22.6 Å². The van der Waals surface area contributed by atoms with Crippen molar-refractivity contribution >= 4 is 47.0 Å². The molecule has 0 unspecified atom stereocenters. The predicted octanol–water partition coefficient (Wildman–Crippen LogP) is 2.73. The summed E-state index contributed by atoms with van der Waals surface area (Å²) in [6, 6.07) is 2.41. The van der Waals surface area contributed by atoms with Gasteiger partial charge in [0.2, 0.25) is 10.0 Å². The number of hydrogen-bond donors (Lipinski definition) is 1. The van der Waals surface area contributed by atoms with Gasteiger partial charge in [-0.3, -0.25) is 4.72 Å². The third kappa shape index (κ3) is 4.00. The van der Waals surface area contributed by atoms with Crippen LogP contribution in [0.25, 0.3) is 0 Å². The van der Waals surface area contributed by atoms with Crippen molar-refractivity contribution in [2.24, 2.45) is 5.92 Å². The zero-order valence-electron chi connectivity index (χ0n) is 10.6. The first-order valence-electron chi connectivity index (χ1n) is 5.84.